The standard InChI is InChI=1S/C19H21N5O2S/c1-12(2)14-4-6-15(7-5-14)18-22-23-19(27-18)21-16(25)8-9-24-11-20-13(3)10-17(24)26/h4-7,10-12H,8-9H2,1-3H3,(H,21,23,25). The lowest BCUT2D eigenvalue weighted by molar-refractivity contribution is -0.116. The van der Waals surface area contributed by atoms with Gasteiger partial charge in [-0.1, -0.05) is 49.4 Å². The number of aryl methyl sites for hydroxylation is 2. The number of hydrogen-bond donors (Lipinski definition) is 1. The third kappa shape index (κ3) is 4.85. The Morgan fingerprint density at radius 1 is 1.22 bits per heavy atom. The fourth-order valence-electron chi connectivity index (χ4n) is 2.49. The number of nitrogens with one attached hydrogen (secondary N) is 1. The van der Waals surface area contributed by atoms with Crippen LogP contribution in [0.2, 0.25) is 0 Å². The Morgan fingerprint density at radius 2 is 1.96 bits per heavy atom. The van der Waals surface area contributed by atoms with Crippen LogP contribution in [-0.4, -0.2) is 25.7 Å². The minimum Gasteiger partial charge on any atom is -0.300 e. The molecule has 1 aromatic carbocycles. The van der Waals surface area contributed by atoms with Gasteiger partial charge in [-0.05, 0) is 18.4 Å². The highest BCUT2D eigenvalue weighted by Crippen LogP contribution is 2.27. The van der Waals surface area contributed by atoms with Crippen molar-refractivity contribution in [2.45, 2.75) is 39.7 Å². The number of amides is 1. The van der Waals surface area contributed by atoms with Gasteiger partial charge in [-0.15, -0.1) is 10.2 Å². The van der Waals surface area contributed by atoms with Gasteiger partial charge in [-0.2, -0.15) is 0 Å². The zero-order valence-electron chi connectivity index (χ0n) is 15.5. The summed E-state index contributed by atoms with van der Waals surface area (Å²) in [6.45, 7) is 6.31. The van der Waals surface area contributed by atoms with Crippen molar-refractivity contribution in [2.24, 2.45) is 0 Å². The summed E-state index contributed by atoms with van der Waals surface area (Å²) < 4.78 is 1.41. The second-order valence-electron chi connectivity index (χ2n) is 6.55. The van der Waals surface area contributed by atoms with E-state index in [-0.39, 0.29) is 24.4 Å². The molecule has 0 aliphatic rings. The van der Waals surface area contributed by atoms with E-state index in [0.29, 0.717) is 16.7 Å². The molecule has 0 fully saturated rings. The van der Waals surface area contributed by atoms with Crippen LogP contribution in [0.25, 0.3) is 10.6 Å². The number of hydrogen-bond acceptors (Lipinski definition) is 6. The number of rotatable bonds is 6. The fraction of sp³-hybridized carbons (Fsp3) is 0.316. The quantitative estimate of drug-likeness (QED) is 0.706. The molecular formula is C19H21N5O2S. The van der Waals surface area contributed by atoms with E-state index >= 15 is 0 Å². The summed E-state index contributed by atoms with van der Waals surface area (Å²) in [4.78, 5) is 28.0. The molecule has 0 atom stereocenters. The number of carbonyl (C=O) groups is 1. The molecule has 0 unspecified atom stereocenters. The number of anilines is 1. The molecule has 0 radical (unpaired) electrons. The highest BCUT2D eigenvalue weighted by atomic mass is 32.1. The maximum absolute atomic E-state index is 12.1. The molecule has 1 amide bonds. The molecule has 3 aromatic rings. The predicted octanol–water partition coefficient (Wildman–Crippen LogP) is 3.22. The fourth-order valence-corrected chi connectivity index (χ4v) is 3.25. The van der Waals surface area contributed by atoms with Gasteiger partial charge in [-0.3, -0.25) is 14.2 Å². The van der Waals surface area contributed by atoms with Gasteiger partial charge in [0.2, 0.25) is 11.0 Å². The third-order valence-electron chi connectivity index (χ3n) is 4.09. The normalized spacial score (nSPS) is 11.0. The lowest BCUT2D eigenvalue weighted by atomic mass is 10.0. The first-order valence-corrected chi connectivity index (χ1v) is 9.51. The van der Waals surface area contributed by atoms with Crippen LogP contribution >= 0.6 is 11.3 Å². The lowest BCUT2D eigenvalue weighted by Gasteiger charge is -2.05. The van der Waals surface area contributed by atoms with Crippen molar-refractivity contribution in [3.05, 3.63) is 58.3 Å². The van der Waals surface area contributed by atoms with Gasteiger partial charge in [0.05, 0.1) is 6.33 Å². The first-order chi connectivity index (χ1) is 12.9. The molecule has 8 heteroatoms. The molecule has 0 aliphatic carbocycles. The Hall–Kier alpha value is -2.87. The molecule has 140 valence electrons. The van der Waals surface area contributed by atoms with Crippen molar-refractivity contribution >= 4 is 22.4 Å². The lowest BCUT2D eigenvalue weighted by Crippen LogP contribution is -2.23. The van der Waals surface area contributed by atoms with E-state index < -0.39 is 0 Å². The van der Waals surface area contributed by atoms with Crippen LogP contribution in [0.1, 0.15) is 37.4 Å². The second kappa shape index (κ2) is 8.22. The van der Waals surface area contributed by atoms with Crippen LogP contribution in [0.4, 0.5) is 5.13 Å². The highest BCUT2D eigenvalue weighted by Gasteiger charge is 2.11. The van der Waals surface area contributed by atoms with Crippen molar-refractivity contribution in [1.82, 2.24) is 19.7 Å². The average molecular weight is 383 g/mol. The van der Waals surface area contributed by atoms with Gasteiger partial charge in [0.1, 0.15) is 5.01 Å². The van der Waals surface area contributed by atoms with Crippen molar-refractivity contribution in [2.75, 3.05) is 5.32 Å². The van der Waals surface area contributed by atoms with Crippen molar-refractivity contribution < 1.29 is 4.79 Å². The molecule has 0 saturated heterocycles. The van der Waals surface area contributed by atoms with E-state index in [1.165, 1.54) is 33.9 Å². The van der Waals surface area contributed by atoms with Crippen molar-refractivity contribution in [1.29, 1.82) is 0 Å². The van der Waals surface area contributed by atoms with Gasteiger partial charge < -0.3 is 5.32 Å². The summed E-state index contributed by atoms with van der Waals surface area (Å²) in [6.07, 6.45) is 1.61. The second-order valence-corrected chi connectivity index (χ2v) is 7.53. The van der Waals surface area contributed by atoms with Crippen LogP contribution in [-0.2, 0) is 11.3 Å². The SMILES string of the molecule is Cc1cc(=O)n(CCC(=O)Nc2nnc(-c3ccc(C(C)C)cc3)s2)cn1. The van der Waals surface area contributed by atoms with E-state index in [1.54, 1.807) is 6.92 Å². The Bertz CT molecular complexity index is 992. The zero-order chi connectivity index (χ0) is 19.4. The Balaban J connectivity index is 1.59. The van der Waals surface area contributed by atoms with Gasteiger partial charge >= 0.3 is 0 Å². The molecule has 27 heavy (non-hydrogen) atoms. The van der Waals surface area contributed by atoms with Crippen LogP contribution in [0.15, 0.2) is 41.5 Å². The maximum atomic E-state index is 12.1. The average Bonchev–Trinajstić information content (AvgIpc) is 3.09. The topological polar surface area (TPSA) is 89.8 Å². The molecule has 0 spiro atoms. The molecule has 0 bridgehead atoms. The molecule has 2 heterocycles. The van der Waals surface area contributed by atoms with Gasteiger partial charge in [0, 0.05) is 30.3 Å². The molecule has 0 aliphatic heterocycles. The Morgan fingerprint density at radius 3 is 2.63 bits per heavy atom. The predicted molar refractivity (Wildman–Crippen MR) is 106 cm³/mol. The van der Waals surface area contributed by atoms with Crippen molar-refractivity contribution in [3.63, 3.8) is 0 Å². The number of benzene rings is 1. The van der Waals surface area contributed by atoms with E-state index in [0.717, 1.165) is 10.6 Å². The van der Waals surface area contributed by atoms with Crippen LogP contribution in [0.3, 0.4) is 0 Å². The largest absolute Gasteiger partial charge is 0.300 e. The van der Waals surface area contributed by atoms with E-state index in [9.17, 15) is 9.59 Å². The minimum absolute atomic E-state index is 0.155. The molecule has 1 N–H and O–H groups in total. The van der Waals surface area contributed by atoms with E-state index in [2.05, 4.69) is 46.5 Å². The summed E-state index contributed by atoms with van der Waals surface area (Å²) in [6, 6.07) is 9.62. The number of carbonyl (C=O) groups excluding carboxylic acids is 1. The van der Waals surface area contributed by atoms with E-state index in [4.69, 9.17) is 0 Å². The third-order valence-corrected chi connectivity index (χ3v) is 4.98. The highest BCUT2D eigenvalue weighted by molar-refractivity contribution is 7.18. The van der Waals surface area contributed by atoms with Gasteiger partial charge in [-0.25, -0.2) is 4.98 Å². The first kappa shape index (κ1) is 18.9. The Labute approximate surface area is 161 Å². The molecule has 0 saturated carbocycles. The molecule has 3 rings (SSSR count). The number of nitrogens with zero attached hydrogens (tertiary/aromatic N) is 4. The van der Waals surface area contributed by atoms with Crippen LogP contribution in [0.5, 0.6) is 0 Å². The molecular weight excluding hydrogens is 362 g/mol. The first-order valence-electron chi connectivity index (χ1n) is 8.69. The van der Waals surface area contributed by atoms with Gasteiger partial charge in [0.25, 0.3) is 5.56 Å². The maximum Gasteiger partial charge on any atom is 0.253 e. The summed E-state index contributed by atoms with van der Waals surface area (Å²) >= 11 is 1.32. The summed E-state index contributed by atoms with van der Waals surface area (Å²) in [5.41, 5.74) is 2.72. The summed E-state index contributed by atoms with van der Waals surface area (Å²) in [7, 11) is 0. The monoisotopic (exact) mass is 383 g/mol. The summed E-state index contributed by atoms with van der Waals surface area (Å²) in [5.74, 6) is 0.250. The number of aromatic nitrogens is 4. The van der Waals surface area contributed by atoms with Crippen molar-refractivity contribution in [3.8, 4) is 10.6 Å². The summed E-state index contributed by atoms with van der Waals surface area (Å²) in [5, 5.41) is 12.1. The minimum atomic E-state index is -0.222. The van der Waals surface area contributed by atoms with Gasteiger partial charge in [0.15, 0.2) is 0 Å². The Kier molecular flexibility index (Phi) is 5.75. The van der Waals surface area contributed by atoms with Crippen LogP contribution < -0.4 is 10.9 Å². The zero-order valence-corrected chi connectivity index (χ0v) is 16.3. The molecule has 2 aromatic heterocycles. The smallest absolute Gasteiger partial charge is 0.253 e. The van der Waals surface area contributed by atoms with E-state index in [1.807, 2.05) is 12.1 Å². The van der Waals surface area contributed by atoms with Crippen LogP contribution in [0, 0.1) is 6.92 Å². The molecule has 7 nitrogen and oxygen atoms in total.